The van der Waals surface area contributed by atoms with Gasteiger partial charge in [-0.05, 0) is 12.1 Å². The standard InChI is InChI=1S/C13H12O11/c14-5-1-4(2-6(15)9(5)18)11(20)24-13(22)7(3-8(16)17)23-12(21)10(13)19/h1-2,7,10,14-15,18-19,22H,3H2,(H,16,17)/t7-,10-,13-/m1/s1. The Hall–Kier alpha value is -3.05. The number of rotatable bonds is 4. The molecular weight excluding hydrogens is 332 g/mol. The third-order valence-electron chi connectivity index (χ3n) is 3.26. The third-order valence-corrected chi connectivity index (χ3v) is 3.26. The quantitative estimate of drug-likeness (QED) is 0.209. The highest BCUT2D eigenvalue weighted by molar-refractivity contribution is 5.92. The number of hydrogen-bond donors (Lipinski definition) is 6. The van der Waals surface area contributed by atoms with Crippen LogP contribution in [0.25, 0.3) is 0 Å². The van der Waals surface area contributed by atoms with Gasteiger partial charge in [0.25, 0.3) is 5.79 Å². The van der Waals surface area contributed by atoms with E-state index in [1.54, 1.807) is 0 Å². The van der Waals surface area contributed by atoms with E-state index < -0.39 is 65.1 Å². The van der Waals surface area contributed by atoms with Crippen molar-refractivity contribution >= 4 is 17.9 Å². The molecule has 0 unspecified atom stereocenters. The van der Waals surface area contributed by atoms with Crippen LogP contribution in [0.15, 0.2) is 12.1 Å². The Labute approximate surface area is 132 Å². The summed E-state index contributed by atoms with van der Waals surface area (Å²) in [4.78, 5) is 34.0. The van der Waals surface area contributed by atoms with Crippen LogP contribution in [-0.4, -0.2) is 66.5 Å². The Morgan fingerprint density at radius 2 is 1.75 bits per heavy atom. The molecule has 0 amide bonds. The predicted octanol–water partition coefficient (Wildman–Crippen LogP) is -1.59. The van der Waals surface area contributed by atoms with Crippen LogP contribution in [0.2, 0.25) is 0 Å². The smallest absolute Gasteiger partial charge is 0.342 e. The largest absolute Gasteiger partial charge is 0.504 e. The molecule has 0 spiro atoms. The summed E-state index contributed by atoms with van der Waals surface area (Å²) < 4.78 is 9.05. The van der Waals surface area contributed by atoms with Gasteiger partial charge in [-0.1, -0.05) is 0 Å². The SMILES string of the molecule is O=C(O)C[C@H]1OC(=O)[C@@H](O)[C@]1(O)OC(=O)c1cc(O)c(O)c(O)c1. The van der Waals surface area contributed by atoms with E-state index in [0.29, 0.717) is 12.1 Å². The first-order valence-corrected chi connectivity index (χ1v) is 6.37. The zero-order valence-corrected chi connectivity index (χ0v) is 11.7. The maximum absolute atomic E-state index is 12.0. The lowest BCUT2D eigenvalue weighted by Gasteiger charge is -2.27. The first-order chi connectivity index (χ1) is 11.1. The molecule has 1 aromatic rings. The van der Waals surface area contributed by atoms with Crippen LogP contribution in [-0.2, 0) is 19.1 Å². The van der Waals surface area contributed by atoms with E-state index in [2.05, 4.69) is 9.47 Å². The maximum Gasteiger partial charge on any atom is 0.342 e. The van der Waals surface area contributed by atoms with Crippen molar-refractivity contribution in [3.8, 4) is 17.2 Å². The van der Waals surface area contributed by atoms with Crippen molar-refractivity contribution in [1.29, 1.82) is 0 Å². The molecule has 0 saturated carbocycles. The highest BCUT2D eigenvalue weighted by atomic mass is 16.7. The topological polar surface area (TPSA) is 191 Å². The number of benzene rings is 1. The van der Waals surface area contributed by atoms with E-state index in [4.69, 9.17) is 5.11 Å². The van der Waals surface area contributed by atoms with Crippen LogP contribution in [0.5, 0.6) is 17.2 Å². The van der Waals surface area contributed by atoms with Gasteiger partial charge >= 0.3 is 17.9 Å². The number of hydrogen-bond acceptors (Lipinski definition) is 10. The number of phenolic OH excluding ortho intramolecular Hbond substituents is 3. The molecule has 11 heteroatoms. The lowest BCUT2D eigenvalue weighted by Crippen LogP contribution is -2.52. The third kappa shape index (κ3) is 2.89. The fourth-order valence-electron chi connectivity index (χ4n) is 2.03. The Bertz CT molecular complexity index is 687. The minimum atomic E-state index is -2.99. The summed E-state index contributed by atoms with van der Waals surface area (Å²) in [5.41, 5.74) is -0.558. The predicted molar refractivity (Wildman–Crippen MR) is 69.9 cm³/mol. The molecule has 11 nitrogen and oxygen atoms in total. The van der Waals surface area contributed by atoms with Gasteiger partial charge in [0.2, 0.25) is 6.10 Å². The molecular formula is C13H12O11. The van der Waals surface area contributed by atoms with Gasteiger partial charge in [0.1, 0.15) is 0 Å². The van der Waals surface area contributed by atoms with Crippen molar-refractivity contribution in [3.63, 3.8) is 0 Å². The maximum atomic E-state index is 12.0. The van der Waals surface area contributed by atoms with Crippen molar-refractivity contribution in [2.75, 3.05) is 0 Å². The number of aromatic hydroxyl groups is 3. The number of carbonyl (C=O) groups is 3. The summed E-state index contributed by atoms with van der Waals surface area (Å²) in [6.07, 6.45) is -5.19. The molecule has 2 rings (SSSR count). The number of carbonyl (C=O) groups excluding carboxylic acids is 2. The van der Waals surface area contributed by atoms with Gasteiger partial charge in [-0.3, -0.25) is 4.79 Å². The summed E-state index contributed by atoms with van der Waals surface area (Å²) >= 11 is 0. The fraction of sp³-hybridized carbons (Fsp3) is 0.308. The van der Waals surface area contributed by atoms with Crippen molar-refractivity contribution in [3.05, 3.63) is 17.7 Å². The molecule has 1 aromatic carbocycles. The number of aliphatic hydroxyl groups is 2. The van der Waals surface area contributed by atoms with E-state index in [1.807, 2.05) is 0 Å². The van der Waals surface area contributed by atoms with Gasteiger partial charge in [-0.15, -0.1) is 0 Å². The number of carboxylic acids is 1. The Kier molecular flexibility index (Phi) is 4.23. The summed E-state index contributed by atoms with van der Waals surface area (Å²) in [6.45, 7) is 0. The van der Waals surface area contributed by atoms with E-state index in [9.17, 15) is 39.9 Å². The molecule has 24 heavy (non-hydrogen) atoms. The van der Waals surface area contributed by atoms with Crippen LogP contribution in [0, 0.1) is 0 Å². The van der Waals surface area contributed by atoms with Crippen molar-refractivity contribution in [1.82, 2.24) is 0 Å². The van der Waals surface area contributed by atoms with Crippen molar-refractivity contribution in [2.45, 2.75) is 24.4 Å². The molecule has 1 saturated heterocycles. The zero-order chi connectivity index (χ0) is 18.2. The number of carboxylic acid groups (broad SMARTS) is 1. The summed E-state index contributed by atoms with van der Waals surface area (Å²) in [5.74, 6) is -9.99. The van der Waals surface area contributed by atoms with Crippen LogP contribution >= 0.6 is 0 Å². The van der Waals surface area contributed by atoms with E-state index in [-0.39, 0.29) is 0 Å². The molecule has 130 valence electrons. The number of aliphatic hydroxyl groups excluding tert-OH is 1. The van der Waals surface area contributed by atoms with Gasteiger partial charge < -0.3 is 40.1 Å². The number of esters is 2. The van der Waals surface area contributed by atoms with Crippen LogP contribution in [0.1, 0.15) is 16.8 Å². The highest BCUT2D eigenvalue weighted by Gasteiger charge is 2.60. The average Bonchev–Trinajstić information content (AvgIpc) is 2.68. The second kappa shape index (κ2) is 5.86. The van der Waals surface area contributed by atoms with Crippen LogP contribution in [0.3, 0.4) is 0 Å². The molecule has 0 aliphatic carbocycles. The van der Waals surface area contributed by atoms with Gasteiger partial charge in [-0.25, -0.2) is 9.59 Å². The summed E-state index contributed by atoms with van der Waals surface area (Å²) in [6, 6.07) is 1.36. The second-order valence-corrected chi connectivity index (χ2v) is 4.93. The lowest BCUT2D eigenvalue weighted by molar-refractivity contribution is -0.230. The monoisotopic (exact) mass is 344 g/mol. The molecule has 1 fully saturated rings. The normalized spacial score (nSPS) is 26.0. The molecule has 0 aromatic heterocycles. The minimum absolute atomic E-state index is 0.558. The molecule has 1 aliphatic heterocycles. The van der Waals surface area contributed by atoms with Gasteiger partial charge in [0.15, 0.2) is 23.4 Å². The first kappa shape index (κ1) is 17.3. The van der Waals surface area contributed by atoms with Crippen LogP contribution < -0.4 is 0 Å². The molecule has 3 atom stereocenters. The van der Waals surface area contributed by atoms with E-state index in [0.717, 1.165) is 0 Å². The minimum Gasteiger partial charge on any atom is -0.504 e. The van der Waals surface area contributed by atoms with Crippen molar-refractivity contribution < 1.29 is 54.5 Å². The fourth-order valence-corrected chi connectivity index (χ4v) is 2.03. The first-order valence-electron chi connectivity index (χ1n) is 6.37. The molecule has 1 heterocycles. The molecule has 0 bridgehead atoms. The molecule has 1 aliphatic rings. The Morgan fingerprint density at radius 3 is 2.25 bits per heavy atom. The van der Waals surface area contributed by atoms with Gasteiger partial charge in [-0.2, -0.15) is 0 Å². The number of ether oxygens (including phenoxy) is 2. The molecule has 6 N–H and O–H groups in total. The lowest BCUT2D eigenvalue weighted by atomic mass is 10.0. The summed E-state index contributed by atoms with van der Waals surface area (Å²) in [7, 11) is 0. The Balaban J connectivity index is 2.31. The average molecular weight is 344 g/mol. The highest BCUT2D eigenvalue weighted by Crippen LogP contribution is 2.37. The second-order valence-electron chi connectivity index (χ2n) is 4.93. The van der Waals surface area contributed by atoms with Crippen LogP contribution in [0.4, 0.5) is 0 Å². The number of phenols is 3. The van der Waals surface area contributed by atoms with E-state index >= 15 is 0 Å². The van der Waals surface area contributed by atoms with E-state index in [1.165, 1.54) is 0 Å². The number of cyclic esters (lactones) is 1. The zero-order valence-electron chi connectivity index (χ0n) is 11.7. The van der Waals surface area contributed by atoms with Crippen molar-refractivity contribution in [2.24, 2.45) is 0 Å². The number of aliphatic carboxylic acids is 1. The Morgan fingerprint density at radius 1 is 1.21 bits per heavy atom. The summed E-state index contributed by atoms with van der Waals surface area (Å²) in [5, 5.41) is 56.4. The molecule has 0 radical (unpaired) electrons. The van der Waals surface area contributed by atoms with Gasteiger partial charge in [0.05, 0.1) is 12.0 Å². The van der Waals surface area contributed by atoms with Gasteiger partial charge in [0, 0.05) is 0 Å².